The first-order valence-electron chi connectivity index (χ1n) is 5.57. The van der Waals surface area contributed by atoms with Gasteiger partial charge in [0.25, 0.3) is 0 Å². The highest BCUT2D eigenvalue weighted by molar-refractivity contribution is 5.89. The molecule has 0 bridgehead atoms. The molecule has 2 aromatic rings. The van der Waals surface area contributed by atoms with Crippen LogP contribution >= 0.6 is 0 Å². The molecular formula is C14H11N3O2. The zero-order chi connectivity index (χ0) is 13.7. The van der Waals surface area contributed by atoms with Crippen molar-refractivity contribution in [3.05, 3.63) is 59.4 Å². The minimum absolute atomic E-state index is 0.0976. The lowest BCUT2D eigenvalue weighted by Gasteiger charge is -2.05. The number of rotatable bonds is 3. The number of pyridine rings is 1. The van der Waals surface area contributed by atoms with Crippen molar-refractivity contribution in [2.75, 3.05) is 5.73 Å². The van der Waals surface area contributed by atoms with Crippen LogP contribution in [0, 0.1) is 11.3 Å². The molecule has 94 valence electrons. The van der Waals surface area contributed by atoms with Crippen LogP contribution in [-0.4, -0.2) is 11.0 Å². The van der Waals surface area contributed by atoms with Crippen molar-refractivity contribution < 1.29 is 9.53 Å². The zero-order valence-electron chi connectivity index (χ0n) is 10.0. The van der Waals surface area contributed by atoms with Crippen molar-refractivity contribution >= 4 is 11.7 Å². The summed E-state index contributed by atoms with van der Waals surface area (Å²) >= 11 is 0. The second-order valence-electron chi connectivity index (χ2n) is 3.86. The third kappa shape index (κ3) is 3.30. The molecule has 1 heterocycles. The number of ether oxygens (including phenoxy) is 1. The highest BCUT2D eigenvalue weighted by atomic mass is 16.5. The number of hydrogen-bond donors (Lipinski definition) is 1. The Labute approximate surface area is 110 Å². The van der Waals surface area contributed by atoms with Crippen LogP contribution in [0.15, 0.2) is 42.6 Å². The molecule has 0 saturated heterocycles. The molecule has 0 saturated carbocycles. The lowest BCUT2D eigenvalue weighted by Crippen LogP contribution is -2.05. The minimum Gasteiger partial charge on any atom is -0.457 e. The summed E-state index contributed by atoms with van der Waals surface area (Å²) in [4.78, 5) is 15.6. The third-order valence-corrected chi connectivity index (χ3v) is 2.46. The average molecular weight is 253 g/mol. The molecule has 0 amide bonds. The van der Waals surface area contributed by atoms with Crippen molar-refractivity contribution in [3.63, 3.8) is 0 Å². The van der Waals surface area contributed by atoms with Crippen molar-refractivity contribution in [2.24, 2.45) is 0 Å². The van der Waals surface area contributed by atoms with Crippen molar-refractivity contribution in [1.82, 2.24) is 4.98 Å². The molecule has 2 N–H and O–H groups in total. The number of carbonyl (C=O) groups excluding carboxylic acids is 1. The highest BCUT2D eigenvalue weighted by Crippen LogP contribution is 2.09. The summed E-state index contributed by atoms with van der Waals surface area (Å²) in [6.07, 6.45) is 1.50. The van der Waals surface area contributed by atoms with E-state index in [-0.39, 0.29) is 6.61 Å². The molecule has 0 aliphatic rings. The molecule has 0 spiro atoms. The third-order valence-electron chi connectivity index (χ3n) is 2.46. The summed E-state index contributed by atoms with van der Waals surface area (Å²) < 4.78 is 5.14. The maximum atomic E-state index is 11.7. The second kappa shape index (κ2) is 5.65. The van der Waals surface area contributed by atoms with Gasteiger partial charge in [-0.3, -0.25) is 0 Å². The Balaban J connectivity index is 2.00. The van der Waals surface area contributed by atoms with Crippen LogP contribution in [0.2, 0.25) is 0 Å². The number of nitrogen functional groups attached to an aromatic ring is 1. The quantitative estimate of drug-likeness (QED) is 0.666. The number of nitriles is 1. The lowest BCUT2D eigenvalue weighted by atomic mass is 10.2. The fourth-order valence-electron chi connectivity index (χ4n) is 1.48. The Morgan fingerprint density at radius 2 is 2.05 bits per heavy atom. The van der Waals surface area contributed by atoms with Crippen LogP contribution in [-0.2, 0) is 11.3 Å². The number of anilines is 1. The molecule has 1 aromatic heterocycles. The number of esters is 1. The molecule has 1 aromatic carbocycles. The monoisotopic (exact) mass is 253 g/mol. The fraction of sp³-hybridized carbons (Fsp3) is 0.0714. The molecule has 0 aliphatic heterocycles. The van der Waals surface area contributed by atoms with E-state index in [2.05, 4.69) is 4.98 Å². The van der Waals surface area contributed by atoms with Gasteiger partial charge in [0.2, 0.25) is 0 Å². The van der Waals surface area contributed by atoms with Crippen LogP contribution in [0.1, 0.15) is 21.6 Å². The normalized spacial score (nSPS) is 9.63. The molecule has 5 nitrogen and oxygen atoms in total. The highest BCUT2D eigenvalue weighted by Gasteiger charge is 2.07. The minimum atomic E-state index is -0.435. The topological polar surface area (TPSA) is 89.0 Å². The summed E-state index contributed by atoms with van der Waals surface area (Å²) in [5.74, 6) is -0.435. The fourth-order valence-corrected chi connectivity index (χ4v) is 1.48. The summed E-state index contributed by atoms with van der Waals surface area (Å²) in [6.45, 7) is 0.0976. The molecule has 5 heteroatoms. The van der Waals surface area contributed by atoms with Crippen LogP contribution in [0.4, 0.5) is 5.69 Å². The van der Waals surface area contributed by atoms with E-state index in [1.54, 1.807) is 36.4 Å². The standard InChI is InChI=1S/C14H11N3O2/c15-8-13-7-10(5-6-17-13)9-19-14(18)11-1-3-12(16)4-2-11/h1-7H,9,16H2. The van der Waals surface area contributed by atoms with Gasteiger partial charge in [-0.1, -0.05) is 0 Å². The SMILES string of the molecule is N#Cc1cc(COC(=O)c2ccc(N)cc2)ccn1. The molecule has 19 heavy (non-hydrogen) atoms. The summed E-state index contributed by atoms with van der Waals surface area (Å²) in [6, 6.07) is 11.7. The first kappa shape index (κ1) is 12.6. The van der Waals surface area contributed by atoms with Gasteiger partial charge in [0.15, 0.2) is 0 Å². The van der Waals surface area contributed by atoms with Crippen molar-refractivity contribution in [2.45, 2.75) is 6.61 Å². The van der Waals surface area contributed by atoms with E-state index >= 15 is 0 Å². The van der Waals surface area contributed by atoms with Crippen LogP contribution in [0.3, 0.4) is 0 Å². The Kier molecular flexibility index (Phi) is 3.74. The van der Waals surface area contributed by atoms with Crippen LogP contribution in [0.5, 0.6) is 0 Å². The Morgan fingerprint density at radius 1 is 1.32 bits per heavy atom. The van der Waals surface area contributed by atoms with Gasteiger partial charge < -0.3 is 10.5 Å². The van der Waals surface area contributed by atoms with E-state index in [9.17, 15) is 4.79 Å². The Hall–Kier alpha value is -2.87. The van der Waals surface area contributed by atoms with Gasteiger partial charge in [0, 0.05) is 11.9 Å². The van der Waals surface area contributed by atoms with Gasteiger partial charge in [-0.05, 0) is 42.0 Å². The Morgan fingerprint density at radius 3 is 2.74 bits per heavy atom. The summed E-state index contributed by atoms with van der Waals surface area (Å²) in [5.41, 5.74) is 7.57. The number of aromatic nitrogens is 1. The average Bonchev–Trinajstić information content (AvgIpc) is 2.46. The second-order valence-corrected chi connectivity index (χ2v) is 3.86. The van der Waals surface area contributed by atoms with Gasteiger partial charge in [-0.15, -0.1) is 0 Å². The maximum Gasteiger partial charge on any atom is 0.338 e. The molecule has 0 fully saturated rings. The van der Waals surface area contributed by atoms with E-state index in [0.29, 0.717) is 16.9 Å². The van der Waals surface area contributed by atoms with Gasteiger partial charge in [0.1, 0.15) is 18.4 Å². The van der Waals surface area contributed by atoms with Gasteiger partial charge in [-0.2, -0.15) is 5.26 Å². The molecule has 2 rings (SSSR count). The van der Waals surface area contributed by atoms with Gasteiger partial charge >= 0.3 is 5.97 Å². The van der Waals surface area contributed by atoms with E-state index in [1.807, 2.05) is 6.07 Å². The number of nitrogens with zero attached hydrogens (tertiary/aromatic N) is 2. The molecule has 0 atom stereocenters. The largest absolute Gasteiger partial charge is 0.457 e. The molecule has 0 unspecified atom stereocenters. The zero-order valence-corrected chi connectivity index (χ0v) is 10.0. The lowest BCUT2D eigenvalue weighted by molar-refractivity contribution is 0.0472. The van der Waals surface area contributed by atoms with Crippen molar-refractivity contribution in [3.8, 4) is 6.07 Å². The van der Waals surface area contributed by atoms with Crippen LogP contribution < -0.4 is 5.73 Å². The van der Waals surface area contributed by atoms with Gasteiger partial charge in [0.05, 0.1) is 5.56 Å². The predicted octanol–water partition coefficient (Wildman–Crippen LogP) is 1.89. The number of nitrogens with two attached hydrogens (primary N) is 1. The first-order valence-corrected chi connectivity index (χ1v) is 5.57. The van der Waals surface area contributed by atoms with E-state index in [0.717, 1.165) is 5.56 Å². The van der Waals surface area contributed by atoms with E-state index in [1.165, 1.54) is 6.20 Å². The molecule has 0 radical (unpaired) electrons. The molecule has 0 aliphatic carbocycles. The predicted molar refractivity (Wildman–Crippen MR) is 68.9 cm³/mol. The Bertz CT molecular complexity index is 630. The first-order chi connectivity index (χ1) is 9.19. The van der Waals surface area contributed by atoms with Crippen LogP contribution in [0.25, 0.3) is 0 Å². The summed E-state index contributed by atoms with van der Waals surface area (Å²) in [5, 5.41) is 8.71. The number of hydrogen-bond acceptors (Lipinski definition) is 5. The van der Waals surface area contributed by atoms with E-state index < -0.39 is 5.97 Å². The molecular weight excluding hydrogens is 242 g/mol. The van der Waals surface area contributed by atoms with E-state index in [4.69, 9.17) is 15.7 Å². The maximum absolute atomic E-state index is 11.7. The number of benzene rings is 1. The summed E-state index contributed by atoms with van der Waals surface area (Å²) in [7, 11) is 0. The van der Waals surface area contributed by atoms with Crippen molar-refractivity contribution in [1.29, 1.82) is 5.26 Å². The number of carbonyl (C=O) groups is 1. The smallest absolute Gasteiger partial charge is 0.338 e. The van der Waals surface area contributed by atoms with Gasteiger partial charge in [-0.25, -0.2) is 9.78 Å².